The monoisotopic (exact) mass is 422 g/mol. The van der Waals surface area contributed by atoms with Gasteiger partial charge in [0, 0.05) is 18.5 Å². The Morgan fingerprint density at radius 2 is 1.81 bits per heavy atom. The van der Waals surface area contributed by atoms with Crippen LogP contribution >= 0.6 is 0 Å². The minimum absolute atomic E-state index is 0.0119. The lowest BCUT2D eigenvalue weighted by atomic mass is 9.75. The van der Waals surface area contributed by atoms with E-state index in [1.165, 1.54) is 30.4 Å². The number of rotatable bonds is 9. The van der Waals surface area contributed by atoms with Crippen LogP contribution in [0.2, 0.25) is 0 Å². The number of aromatic hydroxyl groups is 1. The van der Waals surface area contributed by atoms with E-state index in [1.807, 2.05) is 12.1 Å². The van der Waals surface area contributed by atoms with E-state index in [1.54, 1.807) is 19.1 Å². The summed E-state index contributed by atoms with van der Waals surface area (Å²) in [6, 6.07) is 16.4. The lowest BCUT2D eigenvalue weighted by Crippen LogP contribution is -2.46. The number of nitrogens with one attached hydrogen (secondary N) is 2. The Labute approximate surface area is 187 Å². The molecule has 3 rings (SSSR count). The number of carbonyl (C=O) groups excluding carboxylic acids is 1. The largest absolute Gasteiger partial charge is 0.508 e. The first kappa shape index (κ1) is 23.3. The smallest absolute Gasteiger partial charge is 0.217 e. The highest BCUT2D eigenvalue weighted by atomic mass is 16.3. The molecule has 0 spiro atoms. The van der Waals surface area contributed by atoms with Crippen molar-refractivity contribution in [3.8, 4) is 5.75 Å². The summed E-state index contributed by atoms with van der Waals surface area (Å²) in [5.41, 5.74) is 3.86. The van der Waals surface area contributed by atoms with Gasteiger partial charge in [-0.25, -0.2) is 0 Å². The molecule has 0 bridgehead atoms. The quantitative estimate of drug-likeness (QED) is 0.507. The fourth-order valence-corrected chi connectivity index (χ4v) is 4.88. The van der Waals surface area contributed by atoms with Crippen molar-refractivity contribution >= 4 is 5.91 Å². The molecular formula is C27H38N2O2. The zero-order chi connectivity index (χ0) is 22.3. The first-order valence-electron chi connectivity index (χ1n) is 11.8. The van der Waals surface area contributed by atoms with Crippen molar-refractivity contribution in [3.05, 3.63) is 65.2 Å². The summed E-state index contributed by atoms with van der Waals surface area (Å²) >= 11 is 0. The van der Waals surface area contributed by atoms with Gasteiger partial charge in [0.05, 0.1) is 0 Å². The van der Waals surface area contributed by atoms with Crippen molar-refractivity contribution < 1.29 is 9.90 Å². The van der Waals surface area contributed by atoms with E-state index in [0.29, 0.717) is 12.3 Å². The molecule has 31 heavy (non-hydrogen) atoms. The van der Waals surface area contributed by atoms with Gasteiger partial charge >= 0.3 is 0 Å². The van der Waals surface area contributed by atoms with Crippen molar-refractivity contribution in [2.24, 2.45) is 0 Å². The van der Waals surface area contributed by atoms with Crippen LogP contribution in [0.5, 0.6) is 5.75 Å². The summed E-state index contributed by atoms with van der Waals surface area (Å²) in [6.45, 7) is 6.91. The van der Waals surface area contributed by atoms with Crippen LogP contribution in [0, 0.1) is 0 Å². The fraction of sp³-hybridized carbons (Fsp3) is 0.519. The molecule has 0 unspecified atom stereocenters. The van der Waals surface area contributed by atoms with Crippen molar-refractivity contribution in [1.29, 1.82) is 0 Å². The predicted octanol–water partition coefficient (Wildman–Crippen LogP) is 5.40. The van der Waals surface area contributed by atoms with Crippen LogP contribution in [0.25, 0.3) is 0 Å². The molecule has 0 heterocycles. The van der Waals surface area contributed by atoms with E-state index >= 15 is 0 Å². The molecule has 1 amide bonds. The number of phenols is 1. The molecule has 1 saturated carbocycles. The molecule has 0 saturated heterocycles. The Kier molecular flexibility index (Phi) is 8.14. The highest BCUT2D eigenvalue weighted by molar-refractivity contribution is 5.73. The summed E-state index contributed by atoms with van der Waals surface area (Å²) < 4.78 is 0. The standard InChI is InChI=1S/C27H38N2O2/c1-20(2)23-10-8-11-24(19-23)27(14-5-4-6-15-27)28-16-13-25(29-21(3)30)17-22-9-7-12-26(31)18-22/h7-12,18-20,25,28,31H,4-6,13-17H2,1-3H3,(H,29,30)/t25-/m1/s1. The van der Waals surface area contributed by atoms with Gasteiger partial charge in [0.15, 0.2) is 0 Å². The molecule has 1 atom stereocenters. The van der Waals surface area contributed by atoms with Gasteiger partial charge in [-0.1, -0.05) is 69.5 Å². The molecule has 0 aliphatic heterocycles. The Hall–Kier alpha value is -2.33. The molecule has 3 N–H and O–H groups in total. The van der Waals surface area contributed by atoms with Crippen LogP contribution in [-0.2, 0) is 16.8 Å². The zero-order valence-corrected chi connectivity index (χ0v) is 19.3. The number of hydrogen-bond acceptors (Lipinski definition) is 3. The van der Waals surface area contributed by atoms with Crippen LogP contribution in [-0.4, -0.2) is 23.6 Å². The summed E-state index contributed by atoms with van der Waals surface area (Å²) in [4.78, 5) is 11.8. The van der Waals surface area contributed by atoms with E-state index in [9.17, 15) is 9.90 Å². The van der Waals surface area contributed by atoms with Crippen molar-refractivity contribution in [2.45, 2.75) is 83.2 Å². The van der Waals surface area contributed by atoms with Gasteiger partial charge < -0.3 is 15.7 Å². The van der Waals surface area contributed by atoms with E-state index in [4.69, 9.17) is 0 Å². The normalized spacial score (nSPS) is 16.8. The second-order valence-corrected chi connectivity index (χ2v) is 9.41. The van der Waals surface area contributed by atoms with Crippen LogP contribution < -0.4 is 10.6 Å². The van der Waals surface area contributed by atoms with Gasteiger partial charge in [-0.15, -0.1) is 0 Å². The molecule has 2 aromatic rings. The molecule has 0 radical (unpaired) electrons. The van der Waals surface area contributed by atoms with Gasteiger partial charge in [0.25, 0.3) is 0 Å². The van der Waals surface area contributed by atoms with Gasteiger partial charge in [-0.2, -0.15) is 0 Å². The first-order valence-corrected chi connectivity index (χ1v) is 11.8. The molecule has 0 aromatic heterocycles. The number of phenolic OH excluding ortho intramolecular Hbond substituents is 1. The molecule has 1 aliphatic rings. The minimum Gasteiger partial charge on any atom is -0.508 e. The third-order valence-corrected chi connectivity index (χ3v) is 6.57. The maximum Gasteiger partial charge on any atom is 0.217 e. The van der Waals surface area contributed by atoms with Gasteiger partial charge in [0.2, 0.25) is 5.91 Å². The maximum absolute atomic E-state index is 11.8. The van der Waals surface area contributed by atoms with E-state index in [-0.39, 0.29) is 23.2 Å². The zero-order valence-electron chi connectivity index (χ0n) is 19.3. The molecule has 4 heteroatoms. The van der Waals surface area contributed by atoms with Gasteiger partial charge in [-0.05, 0) is 67.0 Å². The van der Waals surface area contributed by atoms with Crippen LogP contribution in [0.15, 0.2) is 48.5 Å². The van der Waals surface area contributed by atoms with E-state index in [0.717, 1.165) is 31.4 Å². The highest BCUT2D eigenvalue weighted by Crippen LogP contribution is 2.38. The number of hydrogen-bond donors (Lipinski definition) is 3. The molecule has 1 fully saturated rings. The Bertz CT molecular complexity index is 856. The highest BCUT2D eigenvalue weighted by Gasteiger charge is 2.33. The van der Waals surface area contributed by atoms with Crippen LogP contribution in [0.4, 0.5) is 0 Å². The van der Waals surface area contributed by atoms with Gasteiger partial charge in [0.1, 0.15) is 5.75 Å². The third-order valence-electron chi connectivity index (χ3n) is 6.57. The fourth-order valence-electron chi connectivity index (χ4n) is 4.88. The SMILES string of the molecule is CC(=O)N[C@H](CCNC1(c2cccc(C(C)C)c2)CCCCC1)Cc1cccc(O)c1. The Balaban J connectivity index is 1.71. The lowest BCUT2D eigenvalue weighted by molar-refractivity contribution is -0.119. The summed E-state index contributed by atoms with van der Waals surface area (Å²) in [6.07, 6.45) is 7.68. The molecular weight excluding hydrogens is 384 g/mol. The summed E-state index contributed by atoms with van der Waals surface area (Å²) in [7, 11) is 0. The average Bonchev–Trinajstić information content (AvgIpc) is 2.74. The summed E-state index contributed by atoms with van der Waals surface area (Å²) in [5, 5.41) is 16.8. The topological polar surface area (TPSA) is 61.4 Å². The minimum atomic E-state index is -0.0119. The predicted molar refractivity (Wildman–Crippen MR) is 127 cm³/mol. The molecule has 4 nitrogen and oxygen atoms in total. The third kappa shape index (κ3) is 6.57. The Morgan fingerprint density at radius 3 is 2.48 bits per heavy atom. The van der Waals surface area contributed by atoms with E-state index in [2.05, 4.69) is 48.7 Å². The van der Waals surface area contributed by atoms with Crippen LogP contribution in [0.1, 0.15) is 81.9 Å². The van der Waals surface area contributed by atoms with Crippen molar-refractivity contribution in [2.75, 3.05) is 6.54 Å². The summed E-state index contributed by atoms with van der Waals surface area (Å²) in [5.74, 6) is 0.776. The van der Waals surface area contributed by atoms with Crippen molar-refractivity contribution in [3.63, 3.8) is 0 Å². The second-order valence-electron chi connectivity index (χ2n) is 9.41. The maximum atomic E-state index is 11.8. The second kappa shape index (κ2) is 10.8. The molecule has 168 valence electrons. The lowest BCUT2D eigenvalue weighted by Gasteiger charge is -2.40. The van der Waals surface area contributed by atoms with Gasteiger partial charge in [-0.3, -0.25) is 4.79 Å². The van der Waals surface area contributed by atoms with E-state index < -0.39 is 0 Å². The number of benzene rings is 2. The average molecular weight is 423 g/mol. The number of amides is 1. The van der Waals surface area contributed by atoms with Crippen molar-refractivity contribution in [1.82, 2.24) is 10.6 Å². The first-order chi connectivity index (χ1) is 14.9. The molecule has 1 aliphatic carbocycles. The van der Waals surface area contributed by atoms with Crippen LogP contribution in [0.3, 0.4) is 0 Å². The number of carbonyl (C=O) groups is 1. The molecule has 2 aromatic carbocycles. The Morgan fingerprint density at radius 1 is 1.06 bits per heavy atom.